The van der Waals surface area contributed by atoms with E-state index < -0.39 is 22.3 Å². The van der Waals surface area contributed by atoms with Crippen LogP contribution >= 0.6 is 0 Å². The molecule has 2 rings (SSSR count). The molecular weight excluding hydrogens is 281 g/mol. The maximum absolute atomic E-state index is 13.7. The molecule has 1 amide bonds. The standard InChI is InChI=1S/C12H10FN5O3/c13-9-6-8(18(20)21)1-2-10(9)16-12(19)11-5-7(17-14)3-4-15-11/h1-6H,14H2,(H,15,17)(H,16,19). The third-order valence-electron chi connectivity index (χ3n) is 2.57. The van der Waals surface area contributed by atoms with Crippen LogP contribution in [-0.4, -0.2) is 15.8 Å². The van der Waals surface area contributed by atoms with Crippen LogP contribution in [0.25, 0.3) is 0 Å². The van der Waals surface area contributed by atoms with Gasteiger partial charge in [-0.3, -0.25) is 25.7 Å². The van der Waals surface area contributed by atoms with Crippen molar-refractivity contribution in [2.75, 3.05) is 10.7 Å². The monoisotopic (exact) mass is 291 g/mol. The van der Waals surface area contributed by atoms with Crippen LogP contribution in [0.3, 0.4) is 0 Å². The number of carbonyl (C=O) groups excluding carboxylic acids is 1. The zero-order chi connectivity index (χ0) is 15.4. The topological polar surface area (TPSA) is 123 Å². The molecule has 0 atom stereocenters. The number of benzene rings is 1. The van der Waals surface area contributed by atoms with Crippen LogP contribution in [0.15, 0.2) is 36.5 Å². The molecule has 0 aliphatic rings. The van der Waals surface area contributed by atoms with E-state index in [1.807, 2.05) is 0 Å². The number of nitrogens with zero attached hydrogens (tertiary/aromatic N) is 2. The molecule has 108 valence electrons. The highest BCUT2D eigenvalue weighted by Crippen LogP contribution is 2.21. The normalized spacial score (nSPS) is 10.0. The van der Waals surface area contributed by atoms with Gasteiger partial charge in [0.25, 0.3) is 11.6 Å². The van der Waals surface area contributed by atoms with E-state index in [-0.39, 0.29) is 11.4 Å². The number of aromatic nitrogens is 1. The molecule has 1 aromatic heterocycles. The first-order chi connectivity index (χ1) is 10.0. The van der Waals surface area contributed by atoms with Gasteiger partial charge in [0, 0.05) is 12.3 Å². The Bertz CT molecular complexity index is 707. The molecule has 0 aliphatic carbocycles. The summed E-state index contributed by atoms with van der Waals surface area (Å²) in [4.78, 5) is 25.5. The number of nitrogens with one attached hydrogen (secondary N) is 2. The Morgan fingerprint density at radius 2 is 2.10 bits per heavy atom. The van der Waals surface area contributed by atoms with Crippen LogP contribution in [-0.2, 0) is 0 Å². The summed E-state index contributed by atoms with van der Waals surface area (Å²) in [7, 11) is 0. The highest BCUT2D eigenvalue weighted by molar-refractivity contribution is 6.03. The van der Waals surface area contributed by atoms with Gasteiger partial charge in [-0.2, -0.15) is 0 Å². The summed E-state index contributed by atoms with van der Waals surface area (Å²) in [6.07, 6.45) is 1.36. The minimum absolute atomic E-state index is 0.0169. The Morgan fingerprint density at radius 3 is 2.71 bits per heavy atom. The number of nitrogens with two attached hydrogens (primary N) is 1. The van der Waals surface area contributed by atoms with Gasteiger partial charge in [0.2, 0.25) is 0 Å². The van der Waals surface area contributed by atoms with Crippen LogP contribution < -0.4 is 16.6 Å². The summed E-state index contributed by atoms with van der Waals surface area (Å²) in [6, 6.07) is 5.84. The molecule has 21 heavy (non-hydrogen) atoms. The van der Waals surface area contributed by atoms with E-state index in [1.165, 1.54) is 12.3 Å². The number of non-ortho nitro benzene ring substituents is 1. The lowest BCUT2D eigenvalue weighted by atomic mass is 10.2. The number of hydrazine groups is 1. The minimum atomic E-state index is -0.911. The number of rotatable bonds is 4. The van der Waals surface area contributed by atoms with Crippen molar-refractivity contribution in [1.29, 1.82) is 0 Å². The van der Waals surface area contributed by atoms with Crippen molar-refractivity contribution in [1.82, 2.24) is 4.98 Å². The molecule has 0 unspecified atom stereocenters. The van der Waals surface area contributed by atoms with Gasteiger partial charge >= 0.3 is 0 Å². The summed E-state index contributed by atoms with van der Waals surface area (Å²) < 4.78 is 13.7. The summed E-state index contributed by atoms with van der Waals surface area (Å²) in [5.41, 5.74) is 2.24. The second kappa shape index (κ2) is 5.92. The Kier molecular flexibility index (Phi) is 4.05. The second-order valence-electron chi connectivity index (χ2n) is 3.95. The maximum atomic E-state index is 13.7. The van der Waals surface area contributed by atoms with Crippen LogP contribution in [0.2, 0.25) is 0 Å². The van der Waals surface area contributed by atoms with Gasteiger partial charge in [0.15, 0.2) is 5.82 Å². The van der Waals surface area contributed by atoms with Gasteiger partial charge in [0.05, 0.1) is 22.4 Å². The van der Waals surface area contributed by atoms with E-state index in [9.17, 15) is 19.3 Å². The molecule has 0 radical (unpaired) electrons. The Labute approximate surface area is 117 Å². The molecule has 0 bridgehead atoms. The number of hydrogen-bond donors (Lipinski definition) is 3. The van der Waals surface area contributed by atoms with Crippen molar-refractivity contribution in [3.8, 4) is 0 Å². The average molecular weight is 291 g/mol. The molecule has 2 aromatic rings. The van der Waals surface area contributed by atoms with Crippen molar-refractivity contribution in [2.45, 2.75) is 0 Å². The van der Waals surface area contributed by atoms with Gasteiger partial charge in [-0.25, -0.2) is 4.39 Å². The fourth-order valence-corrected chi connectivity index (χ4v) is 1.55. The number of halogens is 1. The van der Waals surface area contributed by atoms with Crippen molar-refractivity contribution in [3.05, 3.63) is 58.2 Å². The van der Waals surface area contributed by atoms with Crippen molar-refractivity contribution in [2.24, 2.45) is 5.84 Å². The van der Waals surface area contributed by atoms with E-state index >= 15 is 0 Å². The van der Waals surface area contributed by atoms with E-state index in [0.717, 1.165) is 18.2 Å². The average Bonchev–Trinajstić information content (AvgIpc) is 2.49. The van der Waals surface area contributed by atoms with E-state index in [4.69, 9.17) is 5.84 Å². The summed E-state index contributed by atoms with van der Waals surface area (Å²) in [5.74, 6) is 3.63. The fraction of sp³-hybridized carbons (Fsp3) is 0. The van der Waals surface area contributed by atoms with Crippen LogP contribution in [0.5, 0.6) is 0 Å². The molecule has 0 fully saturated rings. The van der Waals surface area contributed by atoms with Gasteiger partial charge < -0.3 is 10.7 Å². The van der Waals surface area contributed by atoms with Gasteiger partial charge in [-0.05, 0) is 18.2 Å². The quantitative estimate of drug-likeness (QED) is 0.447. The number of nitrogen functional groups attached to an aromatic ring is 1. The van der Waals surface area contributed by atoms with Gasteiger partial charge in [0.1, 0.15) is 5.69 Å². The predicted octanol–water partition coefficient (Wildman–Crippen LogP) is 1.67. The largest absolute Gasteiger partial charge is 0.324 e. The smallest absolute Gasteiger partial charge is 0.274 e. The lowest BCUT2D eigenvalue weighted by Gasteiger charge is -2.07. The van der Waals surface area contributed by atoms with Gasteiger partial charge in [-0.1, -0.05) is 0 Å². The Hall–Kier alpha value is -3.07. The Balaban J connectivity index is 2.21. The lowest BCUT2D eigenvalue weighted by molar-refractivity contribution is -0.385. The number of nitro groups is 1. The first-order valence-electron chi connectivity index (χ1n) is 5.69. The fourth-order valence-electron chi connectivity index (χ4n) is 1.55. The number of amides is 1. The van der Waals surface area contributed by atoms with E-state index in [1.54, 1.807) is 6.07 Å². The molecule has 4 N–H and O–H groups in total. The molecule has 0 aliphatic heterocycles. The summed E-state index contributed by atoms with van der Waals surface area (Å²) in [6.45, 7) is 0. The SMILES string of the molecule is NNc1ccnc(C(=O)Nc2ccc([N+](=O)[O-])cc2F)c1. The van der Waals surface area contributed by atoms with Crippen LogP contribution in [0.4, 0.5) is 21.5 Å². The molecule has 1 aromatic carbocycles. The zero-order valence-corrected chi connectivity index (χ0v) is 10.5. The zero-order valence-electron chi connectivity index (χ0n) is 10.5. The minimum Gasteiger partial charge on any atom is -0.324 e. The third-order valence-corrected chi connectivity index (χ3v) is 2.57. The highest BCUT2D eigenvalue weighted by atomic mass is 19.1. The van der Waals surface area contributed by atoms with Crippen molar-refractivity contribution >= 4 is 23.0 Å². The molecule has 8 nitrogen and oxygen atoms in total. The molecule has 0 saturated carbocycles. The van der Waals surface area contributed by atoms with E-state index in [0.29, 0.717) is 5.69 Å². The van der Waals surface area contributed by atoms with Crippen LogP contribution in [0, 0.1) is 15.9 Å². The summed E-state index contributed by atoms with van der Waals surface area (Å²) in [5, 5.41) is 12.8. The summed E-state index contributed by atoms with van der Waals surface area (Å²) >= 11 is 0. The lowest BCUT2D eigenvalue weighted by Crippen LogP contribution is -2.16. The third kappa shape index (κ3) is 3.28. The maximum Gasteiger partial charge on any atom is 0.274 e. The van der Waals surface area contributed by atoms with Crippen LogP contribution in [0.1, 0.15) is 10.5 Å². The highest BCUT2D eigenvalue weighted by Gasteiger charge is 2.14. The number of hydrogen-bond acceptors (Lipinski definition) is 6. The molecule has 0 saturated heterocycles. The second-order valence-corrected chi connectivity index (χ2v) is 3.95. The number of carbonyl (C=O) groups is 1. The molecule has 0 spiro atoms. The van der Waals surface area contributed by atoms with Crippen molar-refractivity contribution < 1.29 is 14.1 Å². The predicted molar refractivity (Wildman–Crippen MR) is 73.1 cm³/mol. The first-order valence-corrected chi connectivity index (χ1v) is 5.69. The van der Waals surface area contributed by atoms with Crippen molar-refractivity contribution in [3.63, 3.8) is 0 Å². The van der Waals surface area contributed by atoms with Gasteiger partial charge in [-0.15, -0.1) is 0 Å². The molecule has 1 heterocycles. The number of pyridine rings is 1. The molecular formula is C12H10FN5O3. The first kappa shape index (κ1) is 14.3. The molecule has 9 heteroatoms. The Morgan fingerprint density at radius 1 is 1.33 bits per heavy atom. The number of anilines is 2. The van der Waals surface area contributed by atoms with E-state index in [2.05, 4.69) is 15.7 Å². The number of nitro benzene ring substituents is 1.